The van der Waals surface area contributed by atoms with E-state index in [2.05, 4.69) is 35.7 Å². The SMILES string of the molecule is [2H]C([2H])([2H])n1nnnc1[C@@H](c1ccccc1)N1CCN(C(=O)c2cc(-c3nc4cc(NC(=O)C5C[C@@H]5F)ccc4o3)ccn2)CC1. The number of piperazine rings is 1. The molecule has 43 heavy (non-hydrogen) atoms. The average Bonchev–Trinajstić information content (AvgIpc) is 3.40. The van der Waals surface area contributed by atoms with Crippen LogP contribution < -0.4 is 5.32 Å². The third-order valence-corrected chi connectivity index (χ3v) is 7.75. The molecule has 1 aliphatic heterocycles. The van der Waals surface area contributed by atoms with Gasteiger partial charge in [0, 0.05) is 54.7 Å². The number of benzene rings is 2. The highest BCUT2D eigenvalue weighted by atomic mass is 19.1. The number of hydrogen-bond donors (Lipinski definition) is 1. The van der Waals surface area contributed by atoms with Crippen molar-refractivity contribution >= 4 is 28.6 Å². The number of amides is 2. The summed E-state index contributed by atoms with van der Waals surface area (Å²) in [5, 5.41) is 14.2. The lowest BCUT2D eigenvalue weighted by Gasteiger charge is -2.38. The normalized spacial score (nSPS) is 20.7. The van der Waals surface area contributed by atoms with Crippen molar-refractivity contribution in [1.82, 2.24) is 40.0 Å². The number of halogens is 1. The van der Waals surface area contributed by atoms with Gasteiger partial charge in [-0.3, -0.25) is 19.5 Å². The number of nitrogens with zero attached hydrogens (tertiary/aromatic N) is 8. The number of alkyl halides is 1. The second kappa shape index (κ2) is 11.0. The Hall–Kier alpha value is -5.04. The van der Waals surface area contributed by atoms with E-state index in [0.717, 1.165) is 10.2 Å². The van der Waals surface area contributed by atoms with Gasteiger partial charge in [0.05, 0.1) is 12.0 Å². The number of anilines is 1. The van der Waals surface area contributed by atoms with Crippen molar-refractivity contribution in [2.24, 2.45) is 12.9 Å². The summed E-state index contributed by atoms with van der Waals surface area (Å²) in [5.74, 6) is -0.754. The Balaban J connectivity index is 1.06. The van der Waals surface area contributed by atoms with Crippen molar-refractivity contribution in [2.75, 3.05) is 31.5 Å². The predicted octanol–water partition coefficient (Wildman–Crippen LogP) is 3.26. The van der Waals surface area contributed by atoms with E-state index in [1.54, 1.807) is 35.2 Å². The second-order valence-electron chi connectivity index (χ2n) is 10.6. The number of carbonyl (C=O) groups excluding carboxylic acids is 2. The van der Waals surface area contributed by atoms with Gasteiger partial charge in [-0.2, -0.15) is 0 Å². The molecule has 2 aliphatic rings. The molecule has 1 N–H and O–H groups in total. The first-order chi connectivity index (χ1) is 22.2. The quantitative estimate of drug-likeness (QED) is 0.306. The van der Waals surface area contributed by atoms with E-state index in [-0.39, 0.29) is 35.6 Å². The van der Waals surface area contributed by atoms with Gasteiger partial charge in [-0.05, 0) is 52.7 Å². The summed E-state index contributed by atoms with van der Waals surface area (Å²) < 4.78 is 43.7. The molecule has 1 saturated carbocycles. The number of aryl methyl sites for hydroxylation is 1. The number of pyridine rings is 1. The minimum atomic E-state index is -2.55. The van der Waals surface area contributed by atoms with E-state index in [0.29, 0.717) is 48.5 Å². The Bertz CT molecular complexity index is 1910. The van der Waals surface area contributed by atoms with Crippen LogP contribution in [0.1, 0.15) is 38.5 Å². The molecule has 2 fully saturated rings. The van der Waals surface area contributed by atoms with Gasteiger partial charge in [0.1, 0.15) is 17.4 Å². The van der Waals surface area contributed by atoms with Crippen molar-refractivity contribution in [2.45, 2.75) is 18.6 Å². The Morgan fingerprint density at radius 2 is 1.91 bits per heavy atom. The summed E-state index contributed by atoms with van der Waals surface area (Å²) in [4.78, 5) is 38.3. The van der Waals surface area contributed by atoms with Crippen molar-refractivity contribution < 1.29 is 22.5 Å². The summed E-state index contributed by atoms with van der Waals surface area (Å²) in [6.07, 6.45) is 0.668. The number of tetrazole rings is 1. The number of carbonyl (C=O) groups is 2. The number of nitrogens with one attached hydrogen (secondary N) is 1. The fourth-order valence-corrected chi connectivity index (χ4v) is 5.35. The van der Waals surface area contributed by atoms with Crippen molar-refractivity contribution in [1.29, 1.82) is 0 Å². The van der Waals surface area contributed by atoms with Gasteiger partial charge in [0.25, 0.3) is 5.91 Å². The van der Waals surface area contributed by atoms with Gasteiger partial charge in [0.15, 0.2) is 11.4 Å². The van der Waals surface area contributed by atoms with Crippen molar-refractivity contribution in [3.63, 3.8) is 0 Å². The topological polar surface area (TPSA) is 135 Å². The van der Waals surface area contributed by atoms with E-state index in [4.69, 9.17) is 8.53 Å². The van der Waals surface area contributed by atoms with Gasteiger partial charge in [-0.1, -0.05) is 30.3 Å². The van der Waals surface area contributed by atoms with E-state index in [1.165, 1.54) is 6.20 Å². The zero-order valence-electron chi connectivity index (χ0n) is 25.8. The van der Waals surface area contributed by atoms with Crippen LogP contribution in [0.25, 0.3) is 22.6 Å². The first-order valence-electron chi connectivity index (χ1n) is 15.3. The lowest BCUT2D eigenvalue weighted by molar-refractivity contribution is -0.117. The largest absolute Gasteiger partial charge is 0.436 e. The monoisotopic (exact) mass is 584 g/mol. The molecule has 0 bridgehead atoms. The van der Waals surface area contributed by atoms with Gasteiger partial charge in [0.2, 0.25) is 11.8 Å². The molecule has 0 spiro atoms. The molecule has 1 unspecified atom stereocenters. The first kappa shape index (κ1) is 23.5. The van der Waals surface area contributed by atoms with Crippen LogP contribution in [0, 0.1) is 5.92 Å². The van der Waals surface area contributed by atoms with E-state index in [9.17, 15) is 14.0 Å². The molecule has 218 valence electrons. The Morgan fingerprint density at radius 3 is 2.67 bits per heavy atom. The summed E-state index contributed by atoms with van der Waals surface area (Å²) in [5.41, 5.74) is 3.08. The van der Waals surface area contributed by atoms with Crippen LogP contribution in [0.5, 0.6) is 0 Å². The minimum absolute atomic E-state index is 0.199. The smallest absolute Gasteiger partial charge is 0.272 e. The van der Waals surface area contributed by atoms with E-state index in [1.807, 2.05) is 30.3 Å². The van der Waals surface area contributed by atoms with Gasteiger partial charge in [-0.25, -0.2) is 14.1 Å². The molecule has 1 saturated heterocycles. The number of hydrogen-bond acceptors (Lipinski definition) is 9. The summed E-state index contributed by atoms with van der Waals surface area (Å²) in [6.45, 7) is -0.940. The molecule has 12 nitrogen and oxygen atoms in total. The summed E-state index contributed by atoms with van der Waals surface area (Å²) in [6, 6.07) is 17.2. The van der Waals surface area contributed by atoms with Crippen LogP contribution in [0.2, 0.25) is 0 Å². The molecule has 13 heteroatoms. The predicted molar refractivity (Wildman–Crippen MR) is 153 cm³/mol. The highest BCUT2D eigenvalue weighted by molar-refractivity contribution is 5.96. The Labute approximate surface area is 249 Å². The van der Waals surface area contributed by atoms with Crippen molar-refractivity contribution in [3.05, 3.63) is 83.9 Å². The number of rotatable bonds is 7. The Kier molecular flexibility index (Phi) is 6.01. The molecule has 0 radical (unpaired) electrons. The molecular weight excluding hydrogens is 553 g/mol. The fraction of sp³-hybridized carbons (Fsp3) is 0.300. The van der Waals surface area contributed by atoms with Gasteiger partial charge >= 0.3 is 0 Å². The number of oxazole rings is 1. The number of aromatic nitrogens is 6. The standard InChI is InChI=1S/C30H28FN9O3/c1-38-27(35-36-37-38)26(18-5-3-2-4-6-18)39-11-13-40(14-12-39)30(42)24-15-19(9-10-32-24)29-34-23-16-20(7-8-25(23)43-29)33-28(41)21-17-22(21)31/h2-10,15-16,21-22,26H,11-14,17H2,1H3,(H,33,41)/t21?,22-,26+/m0/s1/i1D3. The molecule has 1 aliphatic carbocycles. The molecule has 2 aromatic carbocycles. The molecule has 7 rings (SSSR count). The zero-order valence-corrected chi connectivity index (χ0v) is 22.8. The van der Waals surface area contributed by atoms with Crippen LogP contribution in [0.3, 0.4) is 0 Å². The van der Waals surface area contributed by atoms with Gasteiger partial charge < -0.3 is 14.6 Å². The average molecular weight is 585 g/mol. The second-order valence-corrected chi connectivity index (χ2v) is 10.6. The van der Waals surface area contributed by atoms with E-state index < -0.39 is 25.1 Å². The maximum absolute atomic E-state index is 13.6. The lowest BCUT2D eigenvalue weighted by atomic mass is 10.0. The maximum atomic E-state index is 13.6. The Morgan fingerprint density at radius 1 is 1.09 bits per heavy atom. The van der Waals surface area contributed by atoms with Crippen LogP contribution in [-0.4, -0.2) is 84.1 Å². The molecule has 3 aromatic heterocycles. The molecule has 2 amide bonds. The fourth-order valence-electron chi connectivity index (χ4n) is 5.35. The molecule has 4 heterocycles. The molecule has 5 aromatic rings. The lowest BCUT2D eigenvalue weighted by Crippen LogP contribution is -2.50. The zero-order chi connectivity index (χ0) is 32.0. The third kappa shape index (κ3) is 5.34. The van der Waals surface area contributed by atoms with Gasteiger partial charge in [-0.15, -0.1) is 5.10 Å². The number of fused-ring (bicyclic) bond motifs is 1. The highest BCUT2D eigenvalue weighted by Gasteiger charge is 2.43. The van der Waals surface area contributed by atoms with Crippen LogP contribution in [-0.2, 0) is 11.8 Å². The molecular formula is C30H28FN9O3. The summed E-state index contributed by atoms with van der Waals surface area (Å²) >= 11 is 0. The maximum Gasteiger partial charge on any atom is 0.272 e. The summed E-state index contributed by atoms with van der Waals surface area (Å²) in [7, 11) is 0. The van der Waals surface area contributed by atoms with E-state index >= 15 is 0 Å². The third-order valence-electron chi connectivity index (χ3n) is 7.75. The molecule has 3 atom stereocenters. The van der Waals surface area contributed by atoms with Crippen LogP contribution in [0.4, 0.5) is 10.1 Å². The van der Waals surface area contributed by atoms with Crippen LogP contribution >= 0.6 is 0 Å². The van der Waals surface area contributed by atoms with Crippen molar-refractivity contribution in [3.8, 4) is 11.5 Å². The first-order valence-corrected chi connectivity index (χ1v) is 13.8. The highest BCUT2D eigenvalue weighted by Crippen LogP contribution is 2.35. The minimum Gasteiger partial charge on any atom is -0.436 e. The van der Waals surface area contributed by atoms with Crippen LogP contribution in [0.15, 0.2) is 71.3 Å².